The van der Waals surface area contributed by atoms with E-state index in [1.807, 2.05) is 7.11 Å². The van der Waals surface area contributed by atoms with Crippen LogP contribution in [0.25, 0.3) is 0 Å². The van der Waals surface area contributed by atoms with Crippen molar-refractivity contribution >= 4 is 0 Å². The minimum absolute atomic E-state index is 0.100. The Morgan fingerprint density at radius 3 is 2.56 bits per heavy atom. The summed E-state index contributed by atoms with van der Waals surface area (Å²) in [5.74, 6) is 1.64. The van der Waals surface area contributed by atoms with Gasteiger partial charge in [0.25, 0.3) is 0 Å². The largest absolute Gasteiger partial charge is 0.372 e. The van der Waals surface area contributed by atoms with E-state index in [-0.39, 0.29) is 5.60 Å². The molecule has 3 atom stereocenters. The summed E-state index contributed by atoms with van der Waals surface area (Å²) in [6.45, 7) is 4.46. The van der Waals surface area contributed by atoms with Crippen molar-refractivity contribution < 1.29 is 4.74 Å². The molecule has 0 saturated heterocycles. The van der Waals surface area contributed by atoms with Gasteiger partial charge >= 0.3 is 0 Å². The van der Waals surface area contributed by atoms with Crippen LogP contribution in [0.4, 0.5) is 0 Å². The van der Waals surface area contributed by atoms with Gasteiger partial charge in [-0.05, 0) is 17.1 Å². The summed E-state index contributed by atoms with van der Waals surface area (Å²) in [5.41, 5.74) is 2.65. The van der Waals surface area contributed by atoms with Gasteiger partial charge in [-0.2, -0.15) is 0 Å². The van der Waals surface area contributed by atoms with Crippen LogP contribution in [0.3, 0.4) is 0 Å². The van der Waals surface area contributed by atoms with E-state index in [2.05, 4.69) is 62.4 Å². The second-order valence-corrected chi connectivity index (χ2v) is 5.64. The first kappa shape index (κ1) is 11.7. The van der Waals surface area contributed by atoms with Crippen LogP contribution >= 0.6 is 0 Å². The van der Waals surface area contributed by atoms with Crippen LogP contribution in [0.2, 0.25) is 0 Å². The lowest BCUT2D eigenvalue weighted by molar-refractivity contribution is 0.0595. The number of benzene rings is 1. The number of fused-ring (bicyclic) bond motifs is 1. The van der Waals surface area contributed by atoms with Gasteiger partial charge in [0, 0.05) is 18.9 Å². The lowest BCUT2D eigenvalue weighted by atomic mass is 9.97. The summed E-state index contributed by atoms with van der Waals surface area (Å²) < 4.78 is 5.92. The summed E-state index contributed by atoms with van der Waals surface area (Å²) in [6, 6.07) is 10.6. The molecule has 1 aromatic carbocycles. The van der Waals surface area contributed by atoms with Gasteiger partial charge in [0.1, 0.15) is 5.60 Å². The molecule has 0 aromatic heterocycles. The molecular formula is C17H20O. The summed E-state index contributed by atoms with van der Waals surface area (Å²) in [6.07, 6.45) is 6.95. The van der Waals surface area contributed by atoms with Crippen molar-refractivity contribution in [3.05, 3.63) is 59.7 Å². The fourth-order valence-electron chi connectivity index (χ4n) is 3.41. The van der Waals surface area contributed by atoms with Crippen molar-refractivity contribution in [3.63, 3.8) is 0 Å². The summed E-state index contributed by atoms with van der Waals surface area (Å²) in [5, 5.41) is 0. The molecule has 18 heavy (non-hydrogen) atoms. The van der Waals surface area contributed by atoms with Crippen molar-refractivity contribution in [3.8, 4) is 0 Å². The number of methoxy groups -OCH3 is 1. The number of allylic oxidation sites excluding steroid dienone is 2. The highest BCUT2D eigenvalue weighted by molar-refractivity contribution is 5.50. The zero-order chi connectivity index (χ0) is 12.8. The Balaban J connectivity index is 1.97. The molecule has 0 amide bonds. The van der Waals surface area contributed by atoms with Crippen LogP contribution in [-0.2, 0) is 10.3 Å². The number of hydrogen-bond donors (Lipinski definition) is 0. The van der Waals surface area contributed by atoms with Gasteiger partial charge in [-0.25, -0.2) is 0 Å². The van der Waals surface area contributed by atoms with Gasteiger partial charge in [-0.1, -0.05) is 62.4 Å². The molecular weight excluding hydrogens is 220 g/mol. The molecule has 2 aliphatic carbocycles. The van der Waals surface area contributed by atoms with Crippen molar-refractivity contribution in [2.24, 2.45) is 17.8 Å². The third kappa shape index (κ3) is 1.50. The van der Waals surface area contributed by atoms with Gasteiger partial charge in [0.05, 0.1) is 0 Å². The Morgan fingerprint density at radius 2 is 1.94 bits per heavy atom. The first-order valence-electron chi connectivity index (χ1n) is 6.70. The second-order valence-electron chi connectivity index (χ2n) is 5.64. The van der Waals surface area contributed by atoms with Crippen LogP contribution in [-0.4, -0.2) is 7.11 Å². The number of ether oxygens (including phenoxy) is 1. The smallest absolute Gasteiger partial charge is 0.107 e. The third-order valence-electron chi connectivity index (χ3n) is 4.15. The molecule has 0 bridgehead atoms. The molecule has 0 spiro atoms. The molecule has 94 valence electrons. The molecule has 3 rings (SSSR count). The Hall–Kier alpha value is -1.34. The van der Waals surface area contributed by atoms with E-state index in [0.717, 1.165) is 0 Å². The molecule has 1 aromatic rings. The standard InChI is InChI=1S/C17H20O/c1-12(2)11-13-9-10-15-16(13)17(15,18-3)14-7-5-4-6-8-14/h4-12,15-16H,1-3H3/b13-11+/t15-,16+,17-/m0/s1. The van der Waals surface area contributed by atoms with E-state index in [4.69, 9.17) is 4.74 Å². The minimum atomic E-state index is -0.100. The molecule has 2 aliphatic rings. The first-order valence-corrected chi connectivity index (χ1v) is 6.70. The van der Waals surface area contributed by atoms with Crippen LogP contribution in [0.1, 0.15) is 19.4 Å². The molecule has 1 heteroatoms. The quantitative estimate of drug-likeness (QED) is 0.778. The Labute approximate surface area is 109 Å². The predicted octanol–water partition coefficient (Wildman–Crippen LogP) is 3.93. The highest BCUT2D eigenvalue weighted by atomic mass is 16.5. The first-order chi connectivity index (χ1) is 8.70. The topological polar surface area (TPSA) is 9.23 Å². The Bertz CT molecular complexity index is 498. The average molecular weight is 240 g/mol. The molecule has 0 aliphatic heterocycles. The SMILES string of the molecule is CO[C@]1(c2ccccc2)[C@@H]2/C(=C/C(C)C)C=C[C@@H]21. The van der Waals surface area contributed by atoms with Crippen molar-refractivity contribution in [2.75, 3.05) is 7.11 Å². The summed E-state index contributed by atoms with van der Waals surface area (Å²) >= 11 is 0. The zero-order valence-electron chi connectivity index (χ0n) is 11.3. The van der Waals surface area contributed by atoms with E-state index in [1.165, 1.54) is 11.1 Å². The molecule has 0 unspecified atom stereocenters. The van der Waals surface area contributed by atoms with Gasteiger partial charge < -0.3 is 4.74 Å². The van der Waals surface area contributed by atoms with Crippen molar-refractivity contribution in [1.29, 1.82) is 0 Å². The van der Waals surface area contributed by atoms with Crippen LogP contribution in [0.15, 0.2) is 54.1 Å². The lowest BCUT2D eigenvalue weighted by Crippen LogP contribution is -2.16. The fourth-order valence-corrected chi connectivity index (χ4v) is 3.41. The van der Waals surface area contributed by atoms with Crippen molar-refractivity contribution in [1.82, 2.24) is 0 Å². The van der Waals surface area contributed by atoms with Crippen molar-refractivity contribution in [2.45, 2.75) is 19.4 Å². The van der Waals surface area contributed by atoms with Crippen LogP contribution in [0, 0.1) is 17.8 Å². The van der Waals surface area contributed by atoms with Gasteiger partial charge in [0.15, 0.2) is 0 Å². The monoisotopic (exact) mass is 240 g/mol. The maximum atomic E-state index is 5.92. The summed E-state index contributed by atoms with van der Waals surface area (Å²) in [7, 11) is 1.84. The highest BCUT2D eigenvalue weighted by Gasteiger charge is 2.68. The van der Waals surface area contributed by atoms with Gasteiger partial charge in [-0.15, -0.1) is 0 Å². The molecule has 1 fully saturated rings. The van der Waals surface area contributed by atoms with E-state index >= 15 is 0 Å². The molecule has 1 saturated carbocycles. The maximum absolute atomic E-state index is 5.92. The van der Waals surface area contributed by atoms with E-state index in [0.29, 0.717) is 17.8 Å². The lowest BCUT2D eigenvalue weighted by Gasteiger charge is -2.19. The Morgan fingerprint density at radius 1 is 1.22 bits per heavy atom. The summed E-state index contributed by atoms with van der Waals surface area (Å²) in [4.78, 5) is 0. The Kier molecular flexibility index (Phi) is 2.67. The second kappa shape index (κ2) is 4.10. The fraction of sp³-hybridized carbons (Fsp3) is 0.412. The highest BCUT2D eigenvalue weighted by Crippen LogP contribution is 2.67. The third-order valence-corrected chi connectivity index (χ3v) is 4.15. The van der Waals surface area contributed by atoms with Crippen LogP contribution < -0.4 is 0 Å². The number of hydrogen-bond acceptors (Lipinski definition) is 1. The molecule has 1 nitrogen and oxygen atoms in total. The molecule has 0 N–H and O–H groups in total. The average Bonchev–Trinajstić information content (AvgIpc) is 2.87. The van der Waals surface area contributed by atoms with Gasteiger partial charge in [0.2, 0.25) is 0 Å². The van der Waals surface area contributed by atoms with Gasteiger partial charge in [-0.3, -0.25) is 0 Å². The maximum Gasteiger partial charge on any atom is 0.107 e. The number of rotatable bonds is 3. The normalized spacial score (nSPS) is 35.2. The van der Waals surface area contributed by atoms with E-state index in [9.17, 15) is 0 Å². The minimum Gasteiger partial charge on any atom is -0.372 e. The predicted molar refractivity (Wildman–Crippen MR) is 74.2 cm³/mol. The van der Waals surface area contributed by atoms with Crippen LogP contribution in [0.5, 0.6) is 0 Å². The van der Waals surface area contributed by atoms with E-state index in [1.54, 1.807) is 0 Å². The zero-order valence-corrected chi connectivity index (χ0v) is 11.3. The molecule has 0 heterocycles. The molecule has 0 radical (unpaired) electrons. The van der Waals surface area contributed by atoms with E-state index < -0.39 is 0 Å².